The molecule has 2 nitrogen and oxygen atoms in total. The number of rotatable bonds is 5. The lowest BCUT2D eigenvalue weighted by molar-refractivity contribution is -0.140. The van der Waals surface area contributed by atoms with Gasteiger partial charge in [0, 0.05) is 11.1 Å². The molecule has 2 heteroatoms. The lowest BCUT2D eigenvalue weighted by atomic mass is 9.92. The third kappa shape index (κ3) is 2.45. The molecule has 2 aromatic carbocycles. The maximum Gasteiger partial charge on any atom is 0.335 e. The molecule has 2 aromatic rings. The number of carbonyl (C=O) groups excluding carboxylic acids is 1. The van der Waals surface area contributed by atoms with Crippen molar-refractivity contribution in [3.8, 4) is 0 Å². The van der Waals surface area contributed by atoms with E-state index in [0.29, 0.717) is 6.42 Å². The Morgan fingerprint density at radius 1 is 1.18 bits per heavy atom. The number of cyclic esters (lactones) is 1. The summed E-state index contributed by atoms with van der Waals surface area (Å²) in [5.74, 6) is -0.170. The number of carbonyl (C=O) groups is 1. The maximum atomic E-state index is 12.3. The van der Waals surface area contributed by atoms with E-state index in [1.807, 2.05) is 24.3 Å². The number of benzene rings is 2. The zero-order valence-electron chi connectivity index (χ0n) is 12.8. The minimum Gasteiger partial charge on any atom is -0.449 e. The fourth-order valence-corrected chi connectivity index (χ4v) is 3.17. The monoisotopic (exact) mass is 292 g/mol. The van der Waals surface area contributed by atoms with Gasteiger partial charge in [0.05, 0.1) is 0 Å². The van der Waals surface area contributed by atoms with E-state index >= 15 is 0 Å². The molecule has 1 heterocycles. The predicted octanol–water partition coefficient (Wildman–Crippen LogP) is 5.11. The predicted molar refractivity (Wildman–Crippen MR) is 89.5 cm³/mol. The topological polar surface area (TPSA) is 26.3 Å². The Morgan fingerprint density at radius 3 is 2.73 bits per heavy atom. The van der Waals surface area contributed by atoms with E-state index in [1.165, 1.54) is 0 Å². The van der Waals surface area contributed by atoms with Crippen LogP contribution in [-0.2, 0) is 9.53 Å². The molecule has 0 fully saturated rings. The first-order valence-corrected chi connectivity index (χ1v) is 7.77. The normalized spacial score (nSPS) is 17.9. The Balaban J connectivity index is 2.13. The van der Waals surface area contributed by atoms with Gasteiger partial charge in [-0.05, 0) is 29.2 Å². The zero-order chi connectivity index (χ0) is 15.5. The van der Waals surface area contributed by atoms with Gasteiger partial charge in [-0.1, -0.05) is 61.9 Å². The molecule has 112 valence electrons. The minimum absolute atomic E-state index is 0.170. The number of esters is 1. The van der Waals surface area contributed by atoms with E-state index < -0.39 is 0 Å². The highest BCUT2D eigenvalue weighted by atomic mass is 16.5. The first-order chi connectivity index (χ1) is 10.8. The molecular formula is C20H20O2. The second kappa shape index (κ2) is 6.18. The molecule has 0 N–H and O–H groups in total. The lowest BCUT2D eigenvalue weighted by Crippen LogP contribution is -2.04. The van der Waals surface area contributed by atoms with Gasteiger partial charge < -0.3 is 4.74 Å². The average Bonchev–Trinajstić information content (AvgIpc) is 2.84. The summed E-state index contributed by atoms with van der Waals surface area (Å²) in [6.45, 7) is 5.91. The molecule has 1 aliphatic heterocycles. The van der Waals surface area contributed by atoms with Crippen molar-refractivity contribution < 1.29 is 9.53 Å². The van der Waals surface area contributed by atoms with Gasteiger partial charge in [-0.3, -0.25) is 0 Å². The third-order valence-electron chi connectivity index (χ3n) is 4.15. The smallest absolute Gasteiger partial charge is 0.335 e. The van der Waals surface area contributed by atoms with Crippen LogP contribution in [-0.4, -0.2) is 5.97 Å². The Morgan fingerprint density at radius 2 is 1.95 bits per heavy atom. The SMILES string of the molecule is C=CCC1=C(CCC)C(=O)OC1c1cccc2ccccc12. The maximum absolute atomic E-state index is 12.3. The highest BCUT2D eigenvalue weighted by Crippen LogP contribution is 2.41. The quantitative estimate of drug-likeness (QED) is 0.565. The van der Waals surface area contributed by atoms with Gasteiger partial charge in [0.2, 0.25) is 0 Å². The average molecular weight is 292 g/mol. The fraction of sp³-hybridized carbons (Fsp3) is 0.250. The molecule has 0 aliphatic carbocycles. The van der Waals surface area contributed by atoms with Gasteiger partial charge in [0.25, 0.3) is 0 Å². The molecule has 1 unspecified atom stereocenters. The summed E-state index contributed by atoms with van der Waals surface area (Å²) in [7, 11) is 0. The summed E-state index contributed by atoms with van der Waals surface area (Å²) < 4.78 is 5.73. The van der Waals surface area contributed by atoms with Gasteiger partial charge in [-0.25, -0.2) is 4.79 Å². The van der Waals surface area contributed by atoms with Crippen LogP contribution in [0, 0.1) is 0 Å². The summed E-state index contributed by atoms with van der Waals surface area (Å²) in [5.41, 5.74) is 2.97. The van der Waals surface area contributed by atoms with E-state index in [1.54, 1.807) is 0 Å². The Bertz CT molecular complexity index is 750. The standard InChI is InChI=1S/C20H20O2/c1-3-8-16-18(9-4-2)20(21)22-19(16)17-13-7-11-14-10-5-6-12-15(14)17/h3,5-7,10-13,19H,1,4,8-9H2,2H3. The van der Waals surface area contributed by atoms with Crippen LogP contribution in [0.3, 0.4) is 0 Å². The molecule has 0 spiro atoms. The van der Waals surface area contributed by atoms with E-state index in [2.05, 4.69) is 37.8 Å². The molecule has 0 aromatic heterocycles. The van der Waals surface area contributed by atoms with Crippen molar-refractivity contribution in [1.82, 2.24) is 0 Å². The fourth-order valence-electron chi connectivity index (χ4n) is 3.17. The molecule has 3 rings (SSSR count). The molecule has 1 aliphatic rings. The number of ether oxygens (including phenoxy) is 1. The second-order valence-electron chi connectivity index (χ2n) is 5.60. The van der Waals surface area contributed by atoms with Crippen molar-refractivity contribution >= 4 is 16.7 Å². The highest BCUT2D eigenvalue weighted by Gasteiger charge is 2.34. The van der Waals surface area contributed by atoms with Crippen molar-refractivity contribution in [2.75, 3.05) is 0 Å². The summed E-state index contributed by atoms with van der Waals surface area (Å²) >= 11 is 0. The molecule has 1 atom stereocenters. The molecule has 0 bridgehead atoms. The van der Waals surface area contributed by atoms with Gasteiger partial charge in [-0.2, -0.15) is 0 Å². The first-order valence-electron chi connectivity index (χ1n) is 7.77. The van der Waals surface area contributed by atoms with E-state index in [9.17, 15) is 4.79 Å². The highest BCUT2D eigenvalue weighted by molar-refractivity contribution is 5.94. The summed E-state index contributed by atoms with van der Waals surface area (Å²) in [4.78, 5) is 12.3. The van der Waals surface area contributed by atoms with E-state index in [0.717, 1.165) is 40.3 Å². The molecule has 0 saturated heterocycles. The van der Waals surface area contributed by atoms with Crippen LogP contribution in [0.1, 0.15) is 37.9 Å². The first kappa shape index (κ1) is 14.6. The third-order valence-corrected chi connectivity index (χ3v) is 4.15. The molecule has 0 saturated carbocycles. The van der Waals surface area contributed by atoms with Gasteiger partial charge in [-0.15, -0.1) is 6.58 Å². The largest absolute Gasteiger partial charge is 0.449 e. The molecular weight excluding hydrogens is 272 g/mol. The van der Waals surface area contributed by atoms with Crippen molar-refractivity contribution in [3.63, 3.8) is 0 Å². The Labute approximate surface area is 131 Å². The van der Waals surface area contributed by atoms with Gasteiger partial charge >= 0.3 is 5.97 Å². The Kier molecular flexibility index (Phi) is 4.10. The van der Waals surface area contributed by atoms with Crippen LogP contribution in [0.25, 0.3) is 10.8 Å². The number of fused-ring (bicyclic) bond motifs is 1. The molecule has 0 radical (unpaired) electrons. The summed E-state index contributed by atoms with van der Waals surface area (Å²) in [5, 5.41) is 2.31. The lowest BCUT2D eigenvalue weighted by Gasteiger charge is -2.16. The van der Waals surface area contributed by atoms with Crippen molar-refractivity contribution in [1.29, 1.82) is 0 Å². The number of hydrogen-bond acceptors (Lipinski definition) is 2. The van der Waals surface area contributed by atoms with E-state index in [4.69, 9.17) is 4.74 Å². The van der Waals surface area contributed by atoms with Crippen LogP contribution in [0.4, 0.5) is 0 Å². The van der Waals surface area contributed by atoms with E-state index in [-0.39, 0.29) is 12.1 Å². The van der Waals surface area contributed by atoms with Crippen molar-refractivity contribution in [2.24, 2.45) is 0 Å². The zero-order valence-corrected chi connectivity index (χ0v) is 12.8. The van der Waals surface area contributed by atoms with Crippen LogP contribution >= 0.6 is 0 Å². The minimum atomic E-state index is -0.279. The van der Waals surface area contributed by atoms with Gasteiger partial charge in [0.1, 0.15) is 0 Å². The van der Waals surface area contributed by atoms with Crippen LogP contribution in [0.2, 0.25) is 0 Å². The second-order valence-corrected chi connectivity index (χ2v) is 5.60. The molecule has 22 heavy (non-hydrogen) atoms. The Hall–Kier alpha value is -2.35. The molecule has 0 amide bonds. The number of allylic oxidation sites excluding steroid dienone is 1. The summed E-state index contributed by atoms with van der Waals surface area (Å²) in [6.07, 6.45) is 3.97. The van der Waals surface area contributed by atoms with Crippen molar-refractivity contribution in [2.45, 2.75) is 32.3 Å². The van der Waals surface area contributed by atoms with Gasteiger partial charge in [0.15, 0.2) is 6.10 Å². The van der Waals surface area contributed by atoms with Crippen LogP contribution in [0.15, 0.2) is 66.3 Å². The van der Waals surface area contributed by atoms with Crippen LogP contribution < -0.4 is 0 Å². The number of hydrogen-bond donors (Lipinski definition) is 0. The van der Waals surface area contributed by atoms with Crippen LogP contribution in [0.5, 0.6) is 0 Å². The van der Waals surface area contributed by atoms with Crippen molar-refractivity contribution in [3.05, 3.63) is 71.8 Å². The summed E-state index contributed by atoms with van der Waals surface area (Å²) in [6, 6.07) is 14.4.